The summed E-state index contributed by atoms with van der Waals surface area (Å²) in [4.78, 5) is 13.7. The maximum atomic E-state index is 14.7. The van der Waals surface area contributed by atoms with Gasteiger partial charge in [0.05, 0.1) is 22.7 Å². The minimum Gasteiger partial charge on any atom is -0.399 e. The van der Waals surface area contributed by atoms with E-state index in [1.807, 2.05) is 0 Å². The summed E-state index contributed by atoms with van der Waals surface area (Å²) < 4.78 is 79.1. The standard InChI is InChI=1S/C19H23BF5NO3/c1-17(2)18(3,4)29-20(28-17)13-6-5-12(14(21)15(13)22)16(27)26-9-7-11(8-10-26)19(23,24)25/h5-6,11H,7-10H2,1-4H3. The van der Waals surface area contributed by atoms with Crippen LogP contribution in [0.15, 0.2) is 12.1 Å². The fourth-order valence-electron chi connectivity index (χ4n) is 3.46. The molecule has 0 saturated carbocycles. The van der Waals surface area contributed by atoms with Gasteiger partial charge < -0.3 is 14.2 Å². The van der Waals surface area contributed by atoms with Gasteiger partial charge >= 0.3 is 13.3 Å². The number of hydrogen-bond acceptors (Lipinski definition) is 3. The third kappa shape index (κ3) is 4.01. The lowest BCUT2D eigenvalue weighted by atomic mass is 9.78. The predicted octanol–water partition coefficient (Wildman–Crippen LogP) is 3.68. The van der Waals surface area contributed by atoms with Crippen LogP contribution in [0.2, 0.25) is 0 Å². The van der Waals surface area contributed by atoms with Crippen molar-refractivity contribution in [2.45, 2.75) is 57.9 Å². The van der Waals surface area contributed by atoms with Crippen molar-refractivity contribution in [1.29, 1.82) is 0 Å². The Labute approximate surface area is 166 Å². The van der Waals surface area contributed by atoms with Gasteiger partial charge in [0.2, 0.25) is 0 Å². The average Bonchev–Trinajstić information content (AvgIpc) is 2.83. The van der Waals surface area contributed by atoms with Crippen LogP contribution in [0.4, 0.5) is 22.0 Å². The van der Waals surface area contributed by atoms with Crippen LogP contribution >= 0.6 is 0 Å². The van der Waals surface area contributed by atoms with Gasteiger partial charge in [0.25, 0.3) is 5.91 Å². The summed E-state index contributed by atoms with van der Waals surface area (Å²) in [6.45, 7) is 6.74. The lowest BCUT2D eigenvalue weighted by Crippen LogP contribution is -2.43. The topological polar surface area (TPSA) is 38.8 Å². The van der Waals surface area contributed by atoms with Crippen molar-refractivity contribution < 1.29 is 36.1 Å². The lowest BCUT2D eigenvalue weighted by molar-refractivity contribution is -0.183. The number of likely N-dealkylation sites (tertiary alicyclic amines) is 1. The molecule has 3 rings (SSSR count). The summed E-state index contributed by atoms with van der Waals surface area (Å²) in [7, 11) is -1.14. The quantitative estimate of drug-likeness (QED) is 0.543. The van der Waals surface area contributed by atoms with Gasteiger partial charge in [-0.25, -0.2) is 8.78 Å². The third-order valence-electron chi connectivity index (χ3n) is 6.09. The summed E-state index contributed by atoms with van der Waals surface area (Å²) in [6, 6.07) is 2.34. The van der Waals surface area contributed by atoms with Crippen molar-refractivity contribution in [2.24, 2.45) is 5.92 Å². The van der Waals surface area contributed by atoms with Gasteiger partial charge in [-0.15, -0.1) is 0 Å². The molecule has 1 aromatic rings. The summed E-state index contributed by atoms with van der Waals surface area (Å²) >= 11 is 0. The van der Waals surface area contributed by atoms with Crippen LogP contribution in [0.1, 0.15) is 50.9 Å². The molecule has 0 spiro atoms. The van der Waals surface area contributed by atoms with Crippen LogP contribution in [0.3, 0.4) is 0 Å². The summed E-state index contributed by atoms with van der Waals surface area (Å²) in [5, 5.41) is 0. The summed E-state index contributed by atoms with van der Waals surface area (Å²) in [5.74, 6) is -4.94. The van der Waals surface area contributed by atoms with Crippen molar-refractivity contribution in [3.63, 3.8) is 0 Å². The smallest absolute Gasteiger partial charge is 0.399 e. The van der Waals surface area contributed by atoms with Crippen molar-refractivity contribution >= 4 is 18.5 Å². The molecule has 2 fully saturated rings. The first-order chi connectivity index (χ1) is 13.2. The Morgan fingerprint density at radius 2 is 1.55 bits per heavy atom. The SMILES string of the molecule is CC1(C)OB(c2ccc(C(=O)N3CCC(C(F)(F)F)CC3)c(F)c2F)OC1(C)C. The molecule has 2 heterocycles. The highest BCUT2D eigenvalue weighted by atomic mass is 19.4. The molecule has 2 aliphatic rings. The van der Waals surface area contributed by atoms with E-state index in [1.54, 1.807) is 27.7 Å². The molecule has 0 unspecified atom stereocenters. The molecule has 160 valence electrons. The Kier molecular flexibility index (Phi) is 5.49. The Morgan fingerprint density at radius 3 is 2.03 bits per heavy atom. The van der Waals surface area contributed by atoms with E-state index in [0.717, 1.165) is 11.0 Å². The maximum absolute atomic E-state index is 14.7. The van der Waals surface area contributed by atoms with Gasteiger partial charge in [-0.2, -0.15) is 13.2 Å². The molecule has 10 heteroatoms. The largest absolute Gasteiger partial charge is 0.497 e. The zero-order chi connectivity index (χ0) is 21.8. The maximum Gasteiger partial charge on any atom is 0.497 e. The highest BCUT2D eigenvalue weighted by Crippen LogP contribution is 2.37. The lowest BCUT2D eigenvalue weighted by Gasteiger charge is -2.33. The van der Waals surface area contributed by atoms with E-state index in [2.05, 4.69) is 0 Å². The van der Waals surface area contributed by atoms with Gasteiger partial charge in [-0.3, -0.25) is 4.79 Å². The second-order valence-electron chi connectivity index (χ2n) is 8.53. The fraction of sp³-hybridized carbons (Fsp3) is 0.632. The van der Waals surface area contributed by atoms with Crippen LogP contribution in [0.5, 0.6) is 0 Å². The molecule has 0 aliphatic carbocycles. The zero-order valence-corrected chi connectivity index (χ0v) is 16.7. The van der Waals surface area contributed by atoms with Crippen LogP contribution in [0, 0.1) is 17.6 Å². The number of carbonyl (C=O) groups excluding carboxylic acids is 1. The van der Waals surface area contributed by atoms with Crippen molar-refractivity contribution in [3.8, 4) is 0 Å². The summed E-state index contributed by atoms with van der Waals surface area (Å²) in [6.07, 6.45) is -4.84. The molecule has 1 amide bonds. The van der Waals surface area contributed by atoms with Crippen molar-refractivity contribution in [1.82, 2.24) is 4.90 Å². The van der Waals surface area contributed by atoms with E-state index < -0.39 is 53.5 Å². The zero-order valence-electron chi connectivity index (χ0n) is 16.7. The molecule has 0 radical (unpaired) electrons. The number of benzene rings is 1. The van der Waals surface area contributed by atoms with Gasteiger partial charge in [0.1, 0.15) is 0 Å². The fourth-order valence-corrected chi connectivity index (χ4v) is 3.46. The van der Waals surface area contributed by atoms with E-state index >= 15 is 0 Å². The van der Waals surface area contributed by atoms with E-state index in [1.165, 1.54) is 6.07 Å². The van der Waals surface area contributed by atoms with Gasteiger partial charge in [-0.05, 0) is 46.6 Å². The first-order valence-corrected chi connectivity index (χ1v) is 9.44. The van der Waals surface area contributed by atoms with Gasteiger partial charge in [0, 0.05) is 18.6 Å². The number of rotatable bonds is 2. The molecule has 1 aromatic carbocycles. The number of piperidine rings is 1. The monoisotopic (exact) mass is 419 g/mol. The number of halogens is 5. The average molecular weight is 419 g/mol. The van der Waals surface area contributed by atoms with Crippen LogP contribution < -0.4 is 5.46 Å². The Hall–Kier alpha value is -1.68. The molecule has 2 saturated heterocycles. The molecule has 0 bridgehead atoms. The predicted molar refractivity (Wildman–Crippen MR) is 96.8 cm³/mol. The van der Waals surface area contributed by atoms with Crippen molar-refractivity contribution in [2.75, 3.05) is 13.1 Å². The molecule has 29 heavy (non-hydrogen) atoms. The molecule has 0 N–H and O–H groups in total. The van der Waals surface area contributed by atoms with Crippen LogP contribution in [-0.4, -0.2) is 48.4 Å². The third-order valence-corrected chi connectivity index (χ3v) is 6.09. The Balaban J connectivity index is 1.78. The molecule has 0 aromatic heterocycles. The van der Waals surface area contributed by atoms with E-state index in [9.17, 15) is 26.7 Å². The minimum absolute atomic E-state index is 0.164. The first kappa shape index (κ1) is 22.0. The molecule has 4 nitrogen and oxygen atoms in total. The summed E-state index contributed by atoms with van der Waals surface area (Å²) in [5.41, 5.74) is -2.20. The Bertz CT molecular complexity index is 788. The molecular formula is C19H23BF5NO3. The highest BCUT2D eigenvalue weighted by Gasteiger charge is 2.53. The highest BCUT2D eigenvalue weighted by molar-refractivity contribution is 6.62. The number of amides is 1. The van der Waals surface area contributed by atoms with E-state index in [4.69, 9.17) is 9.31 Å². The van der Waals surface area contributed by atoms with E-state index in [-0.39, 0.29) is 31.4 Å². The number of carbonyl (C=O) groups is 1. The normalized spacial score (nSPS) is 22.2. The molecular weight excluding hydrogens is 396 g/mol. The number of nitrogens with zero attached hydrogens (tertiary/aromatic N) is 1. The van der Waals surface area contributed by atoms with Gasteiger partial charge in [0.15, 0.2) is 11.6 Å². The van der Waals surface area contributed by atoms with Crippen LogP contribution in [-0.2, 0) is 9.31 Å². The molecule has 2 aliphatic heterocycles. The Morgan fingerprint density at radius 1 is 1.03 bits per heavy atom. The number of alkyl halides is 3. The van der Waals surface area contributed by atoms with Crippen molar-refractivity contribution in [3.05, 3.63) is 29.3 Å². The van der Waals surface area contributed by atoms with Crippen LogP contribution in [0.25, 0.3) is 0 Å². The molecule has 0 atom stereocenters. The van der Waals surface area contributed by atoms with Gasteiger partial charge in [-0.1, -0.05) is 6.07 Å². The van der Waals surface area contributed by atoms with E-state index in [0.29, 0.717) is 0 Å². The first-order valence-electron chi connectivity index (χ1n) is 9.44. The second-order valence-corrected chi connectivity index (χ2v) is 8.53. The minimum atomic E-state index is -4.32. The number of hydrogen-bond donors (Lipinski definition) is 0. The second kappa shape index (κ2) is 7.23.